The summed E-state index contributed by atoms with van der Waals surface area (Å²) in [7, 11) is -2.64. The summed E-state index contributed by atoms with van der Waals surface area (Å²) in [4.78, 5) is 18.4. The molecule has 0 aliphatic carbocycles. The summed E-state index contributed by atoms with van der Waals surface area (Å²) in [6, 6.07) is 50.9. The molecular formula is C38H25ClN4OSi. The van der Waals surface area contributed by atoms with Crippen molar-refractivity contribution in [2.75, 3.05) is 0 Å². The maximum Gasteiger partial charge on any atom is 0.228 e. The summed E-state index contributed by atoms with van der Waals surface area (Å²) in [6.07, 6.45) is 1.70. The predicted molar refractivity (Wildman–Crippen MR) is 184 cm³/mol. The summed E-state index contributed by atoms with van der Waals surface area (Å²) in [5, 5.41) is 7.12. The average molecular weight is 617 g/mol. The van der Waals surface area contributed by atoms with Gasteiger partial charge in [0, 0.05) is 22.7 Å². The normalized spacial score (nSPS) is 11.7. The zero-order valence-corrected chi connectivity index (χ0v) is 25.8. The van der Waals surface area contributed by atoms with Crippen LogP contribution in [0.4, 0.5) is 0 Å². The molecule has 8 rings (SSSR count). The van der Waals surface area contributed by atoms with E-state index in [9.17, 15) is 0 Å². The Labute approximate surface area is 265 Å². The van der Waals surface area contributed by atoms with E-state index in [1.807, 2.05) is 30.3 Å². The number of halogens is 1. The van der Waals surface area contributed by atoms with Crippen molar-refractivity contribution in [2.45, 2.75) is 0 Å². The van der Waals surface area contributed by atoms with Crippen molar-refractivity contribution in [1.82, 2.24) is 19.9 Å². The Hall–Kier alpha value is -5.43. The summed E-state index contributed by atoms with van der Waals surface area (Å²) < 4.78 is 6.00. The SMILES string of the molecule is Clc1nc(-c2ccc([Si](c3ccccc3)(c3ccccc3)c3ccccc3)cc2)nc(-c2ccnc3oc4ccccc4c23)n1. The quantitative estimate of drug-likeness (QED) is 0.157. The zero-order valence-electron chi connectivity index (χ0n) is 24.0. The number of aromatic nitrogens is 4. The minimum Gasteiger partial charge on any atom is -0.438 e. The molecule has 0 spiro atoms. The summed E-state index contributed by atoms with van der Waals surface area (Å²) in [5.74, 6) is 0.968. The number of rotatable bonds is 6. The van der Waals surface area contributed by atoms with Gasteiger partial charge in [0.05, 0.1) is 5.39 Å². The third-order valence-electron chi connectivity index (χ3n) is 8.32. The zero-order chi connectivity index (χ0) is 30.2. The lowest BCUT2D eigenvalue weighted by Crippen LogP contribution is -2.74. The Morgan fingerprint density at radius 3 is 1.67 bits per heavy atom. The van der Waals surface area contributed by atoms with Crippen LogP contribution in [0.2, 0.25) is 5.28 Å². The van der Waals surface area contributed by atoms with Gasteiger partial charge in [0.2, 0.25) is 11.0 Å². The predicted octanol–water partition coefficient (Wildman–Crippen LogP) is 6.53. The molecule has 0 amide bonds. The van der Waals surface area contributed by atoms with E-state index in [4.69, 9.17) is 21.0 Å². The minimum absolute atomic E-state index is 0.124. The maximum absolute atomic E-state index is 6.54. The van der Waals surface area contributed by atoms with Crippen LogP contribution in [0.5, 0.6) is 0 Å². The van der Waals surface area contributed by atoms with Crippen LogP contribution in [-0.4, -0.2) is 28.0 Å². The number of furan rings is 1. The molecular weight excluding hydrogens is 592 g/mol. The van der Waals surface area contributed by atoms with Crippen LogP contribution in [0.1, 0.15) is 0 Å². The van der Waals surface area contributed by atoms with E-state index >= 15 is 0 Å². The summed E-state index contributed by atoms with van der Waals surface area (Å²) in [5.41, 5.74) is 2.92. The van der Waals surface area contributed by atoms with Gasteiger partial charge < -0.3 is 4.42 Å². The van der Waals surface area contributed by atoms with E-state index in [0.29, 0.717) is 17.4 Å². The number of benzene rings is 5. The van der Waals surface area contributed by atoms with Crippen molar-refractivity contribution in [3.8, 4) is 22.8 Å². The molecule has 214 valence electrons. The highest BCUT2D eigenvalue weighted by Crippen LogP contribution is 2.34. The van der Waals surface area contributed by atoms with Gasteiger partial charge in [0.25, 0.3) is 0 Å². The van der Waals surface area contributed by atoms with E-state index in [2.05, 4.69) is 130 Å². The van der Waals surface area contributed by atoms with Crippen molar-refractivity contribution in [3.63, 3.8) is 0 Å². The number of nitrogens with zero attached hydrogens (tertiary/aromatic N) is 4. The summed E-state index contributed by atoms with van der Waals surface area (Å²) in [6.45, 7) is 0. The van der Waals surface area contributed by atoms with Gasteiger partial charge in [-0.3, -0.25) is 0 Å². The lowest BCUT2D eigenvalue weighted by molar-refractivity contribution is 0.654. The fourth-order valence-corrected chi connectivity index (χ4v) is 11.3. The van der Waals surface area contributed by atoms with E-state index < -0.39 is 8.07 Å². The molecule has 7 heteroatoms. The molecule has 0 bridgehead atoms. The van der Waals surface area contributed by atoms with Gasteiger partial charge in [-0.15, -0.1) is 0 Å². The molecule has 5 nitrogen and oxygen atoms in total. The van der Waals surface area contributed by atoms with Crippen LogP contribution >= 0.6 is 11.6 Å². The molecule has 45 heavy (non-hydrogen) atoms. The van der Waals surface area contributed by atoms with Crippen molar-refractivity contribution >= 4 is 62.5 Å². The number of para-hydroxylation sites is 1. The Kier molecular flexibility index (Phi) is 6.78. The van der Waals surface area contributed by atoms with Gasteiger partial charge in [0.15, 0.2) is 19.7 Å². The van der Waals surface area contributed by atoms with Gasteiger partial charge in [0.1, 0.15) is 5.58 Å². The third kappa shape index (κ3) is 4.63. The second-order valence-corrected chi connectivity index (χ2v) is 15.0. The smallest absolute Gasteiger partial charge is 0.228 e. The second kappa shape index (κ2) is 11.2. The molecule has 0 aliphatic rings. The third-order valence-corrected chi connectivity index (χ3v) is 13.3. The molecule has 0 N–H and O–H groups in total. The lowest BCUT2D eigenvalue weighted by atomic mass is 10.1. The van der Waals surface area contributed by atoms with Gasteiger partial charge in [-0.2, -0.15) is 9.97 Å². The number of fused-ring (bicyclic) bond motifs is 3. The first-order valence-corrected chi connectivity index (χ1v) is 17.1. The molecule has 0 atom stereocenters. The van der Waals surface area contributed by atoms with Crippen LogP contribution in [0.15, 0.2) is 156 Å². The van der Waals surface area contributed by atoms with Gasteiger partial charge in [-0.25, -0.2) is 9.97 Å². The molecule has 0 aliphatic heterocycles. The second-order valence-electron chi connectivity index (χ2n) is 10.8. The first kappa shape index (κ1) is 27.1. The Bertz CT molecular complexity index is 2180. The number of hydrogen-bond acceptors (Lipinski definition) is 5. The largest absolute Gasteiger partial charge is 0.438 e. The molecule has 0 saturated carbocycles. The van der Waals surface area contributed by atoms with E-state index in [0.717, 1.165) is 27.5 Å². The monoisotopic (exact) mass is 616 g/mol. The first-order chi connectivity index (χ1) is 22.2. The Morgan fingerprint density at radius 1 is 0.511 bits per heavy atom. The number of hydrogen-bond donors (Lipinski definition) is 0. The van der Waals surface area contributed by atoms with Gasteiger partial charge in [-0.1, -0.05) is 133 Å². The van der Waals surface area contributed by atoms with Crippen LogP contribution in [-0.2, 0) is 0 Å². The van der Waals surface area contributed by atoms with Crippen molar-refractivity contribution < 1.29 is 4.42 Å². The first-order valence-electron chi connectivity index (χ1n) is 14.7. The molecule has 0 unspecified atom stereocenters. The van der Waals surface area contributed by atoms with Gasteiger partial charge >= 0.3 is 0 Å². The minimum atomic E-state index is -2.64. The number of pyridine rings is 1. The van der Waals surface area contributed by atoms with Crippen LogP contribution < -0.4 is 20.7 Å². The Morgan fingerprint density at radius 2 is 1.04 bits per heavy atom. The molecule has 8 aromatic rings. The fraction of sp³-hybridized carbons (Fsp3) is 0. The topological polar surface area (TPSA) is 64.7 Å². The maximum atomic E-state index is 6.54. The molecule has 0 saturated heterocycles. The van der Waals surface area contributed by atoms with E-state index in [1.165, 1.54) is 20.7 Å². The molecule has 0 fully saturated rings. The molecule has 5 aromatic carbocycles. The molecule has 3 heterocycles. The van der Waals surface area contributed by atoms with E-state index in [1.54, 1.807) is 6.20 Å². The van der Waals surface area contributed by atoms with Crippen LogP contribution in [0.25, 0.3) is 44.8 Å². The fourth-order valence-electron chi connectivity index (χ4n) is 6.37. The van der Waals surface area contributed by atoms with Crippen molar-refractivity contribution in [2.24, 2.45) is 0 Å². The van der Waals surface area contributed by atoms with Crippen molar-refractivity contribution in [3.05, 3.63) is 157 Å². The van der Waals surface area contributed by atoms with Crippen molar-refractivity contribution in [1.29, 1.82) is 0 Å². The highest BCUT2D eigenvalue weighted by atomic mass is 35.5. The highest BCUT2D eigenvalue weighted by molar-refractivity contribution is 7.19. The van der Waals surface area contributed by atoms with Gasteiger partial charge in [-0.05, 0) is 44.5 Å². The molecule has 3 aromatic heterocycles. The van der Waals surface area contributed by atoms with E-state index in [-0.39, 0.29) is 5.28 Å². The molecule has 0 radical (unpaired) electrons. The standard InChI is InChI=1S/C38H25ClN4OSi/c39-38-42-35(41-36(43-38)32-24-25-40-37-34(32)31-18-10-11-19-33(31)44-37)26-20-22-30(23-21-26)45(27-12-4-1-5-13-27,28-14-6-2-7-15-28)29-16-8-3-9-17-29/h1-25H. The Balaban J connectivity index is 1.29. The highest BCUT2D eigenvalue weighted by Gasteiger charge is 2.41. The lowest BCUT2D eigenvalue weighted by Gasteiger charge is -2.34. The van der Waals surface area contributed by atoms with Crippen LogP contribution in [0.3, 0.4) is 0 Å². The summed E-state index contributed by atoms with van der Waals surface area (Å²) >= 11 is 6.54. The van der Waals surface area contributed by atoms with Crippen LogP contribution in [0, 0.1) is 0 Å². The average Bonchev–Trinajstić information content (AvgIpc) is 3.49.